The molecule has 1 amide bonds. The Hall–Kier alpha value is -2.30. The first kappa shape index (κ1) is 15.6. The highest BCUT2D eigenvalue weighted by molar-refractivity contribution is 5.92. The van der Waals surface area contributed by atoms with Crippen LogP contribution in [0.2, 0.25) is 0 Å². The monoisotopic (exact) mass is 313 g/mol. The topological polar surface area (TPSA) is 58.4 Å². The van der Waals surface area contributed by atoms with Crippen molar-refractivity contribution in [2.75, 3.05) is 18.0 Å². The number of aromatic nitrogens is 1. The van der Waals surface area contributed by atoms with Gasteiger partial charge in [-0.3, -0.25) is 4.79 Å². The lowest BCUT2D eigenvalue weighted by Gasteiger charge is -2.32. The summed E-state index contributed by atoms with van der Waals surface area (Å²) in [5, 5.41) is 2.87. The fraction of sp³-hybridized carbons (Fsp3) is 0.444. The SMILES string of the molecule is Cc1ocnc1C(=O)NCc1ccc(N2CCC[C@H](C)C2)cc1. The Balaban J connectivity index is 1.57. The zero-order valence-electron chi connectivity index (χ0n) is 13.7. The van der Waals surface area contributed by atoms with Crippen LogP contribution in [-0.4, -0.2) is 24.0 Å². The van der Waals surface area contributed by atoms with Crippen LogP contribution in [0.25, 0.3) is 0 Å². The van der Waals surface area contributed by atoms with E-state index in [0.29, 0.717) is 18.0 Å². The van der Waals surface area contributed by atoms with Crippen LogP contribution in [0.3, 0.4) is 0 Å². The maximum Gasteiger partial charge on any atom is 0.273 e. The normalized spacial score (nSPS) is 18.0. The molecule has 1 aromatic heterocycles. The van der Waals surface area contributed by atoms with Gasteiger partial charge >= 0.3 is 0 Å². The number of hydrogen-bond acceptors (Lipinski definition) is 4. The Bertz CT molecular complexity index is 663. The van der Waals surface area contributed by atoms with Crippen molar-refractivity contribution in [2.45, 2.75) is 33.2 Å². The van der Waals surface area contributed by atoms with Gasteiger partial charge in [0.15, 0.2) is 12.1 Å². The molecule has 5 nitrogen and oxygen atoms in total. The molecule has 5 heteroatoms. The molecule has 1 aliphatic heterocycles. The third-order valence-electron chi connectivity index (χ3n) is 4.37. The standard InChI is InChI=1S/C18H23N3O2/c1-13-4-3-9-21(11-13)16-7-5-15(6-8-16)10-19-18(22)17-14(2)23-12-20-17/h5-8,12-13H,3-4,9-11H2,1-2H3,(H,19,22)/t13-/m0/s1. The molecule has 1 fully saturated rings. The summed E-state index contributed by atoms with van der Waals surface area (Å²) in [6.45, 7) is 6.79. The number of nitrogens with zero attached hydrogens (tertiary/aromatic N) is 2. The molecule has 0 aliphatic carbocycles. The van der Waals surface area contributed by atoms with Crippen molar-refractivity contribution in [1.82, 2.24) is 10.3 Å². The number of carbonyl (C=O) groups is 1. The van der Waals surface area contributed by atoms with Crippen molar-refractivity contribution in [3.63, 3.8) is 0 Å². The summed E-state index contributed by atoms with van der Waals surface area (Å²) < 4.78 is 5.05. The minimum absolute atomic E-state index is 0.204. The average Bonchev–Trinajstić information content (AvgIpc) is 2.99. The second-order valence-electron chi connectivity index (χ2n) is 6.30. The summed E-state index contributed by atoms with van der Waals surface area (Å²) in [7, 11) is 0. The van der Waals surface area contributed by atoms with E-state index in [-0.39, 0.29) is 5.91 Å². The Morgan fingerprint density at radius 1 is 1.39 bits per heavy atom. The van der Waals surface area contributed by atoms with Crippen LogP contribution < -0.4 is 10.2 Å². The molecule has 0 spiro atoms. The predicted molar refractivity (Wildman–Crippen MR) is 89.5 cm³/mol. The summed E-state index contributed by atoms with van der Waals surface area (Å²) in [5.74, 6) is 1.09. The third kappa shape index (κ3) is 3.73. The van der Waals surface area contributed by atoms with Crippen molar-refractivity contribution in [2.24, 2.45) is 5.92 Å². The van der Waals surface area contributed by atoms with Crippen molar-refractivity contribution in [3.8, 4) is 0 Å². The number of aryl methyl sites for hydroxylation is 1. The molecule has 0 saturated carbocycles. The number of rotatable bonds is 4. The molecular weight excluding hydrogens is 290 g/mol. The predicted octanol–water partition coefficient (Wildman–Crippen LogP) is 3.15. The lowest BCUT2D eigenvalue weighted by Crippen LogP contribution is -2.34. The van der Waals surface area contributed by atoms with Gasteiger partial charge in [-0.15, -0.1) is 0 Å². The van der Waals surface area contributed by atoms with Gasteiger partial charge in [0.2, 0.25) is 0 Å². The third-order valence-corrected chi connectivity index (χ3v) is 4.37. The summed E-state index contributed by atoms with van der Waals surface area (Å²) in [5.41, 5.74) is 2.69. The van der Waals surface area contributed by atoms with E-state index in [4.69, 9.17) is 4.42 Å². The van der Waals surface area contributed by atoms with Gasteiger partial charge in [0, 0.05) is 25.3 Å². The van der Waals surface area contributed by atoms with E-state index in [1.54, 1.807) is 6.92 Å². The second kappa shape index (κ2) is 6.86. The van der Waals surface area contributed by atoms with Gasteiger partial charge in [0.25, 0.3) is 5.91 Å². The zero-order chi connectivity index (χ0) is 16.2. The molecule has 0 radical (unpaired) electrons. The Morgan fingerprint density at radius 2 is 2.17 bits per heavy atom. The number of benzene rings is 1. The van der Waals surface area contributed by atoms with Gasteiger partial charge in [-0.25, -0.2) is 4.98 Å². The smallest absolute Gasteiger partial charge is 0.273 e. The number of piperidine rings is 1. The molecule has 0 bridgehead atoms. The molecule has 1 N–H and O–H groups in total. The lowest BCUT2D eigenvalue weighted by molar-refractivity contribution is 0.0945. The molecule has 3 rings (SSSR count). The first-order chi connectivity index (χ1) is 11.1. The minimum atomic E-state index is -0.204. The molecule has 2 aromatic rings. The second-order valence-corrected chi connectivity index (χ2v) is 6.30. The van der Waals surface area contributed by atoms with E-state index < -0.39 is 0 Å². The van der Waals surface area contributed by atoms with Crippen molar-refractivity contribution in [3.05, 3.63) is 47.7 Å². The number of amides is 1. The van der Waals surface area contributed by atoms with E-state index >= 15 is 0 Å². The molecule has 1 aromatic carbocycles. The molecule has 0 unspecified atom stereocenters. The maximum atomic E-state index is 12.0. The van der Waals surface area contributed by atoms with Crippen molar-refractivity contribution < 1.29 is 9.21 Å². The zero-order valence-corrected chi connectivity index (χ0v) is 13.7. The van der Waals surface area contributed by atoms with Gasteiger partial charge in [-0.05, 0) is 43.4 Å². The maximum absolute atomic E-state index is 12.0. The van der Waals surface area contributed by atoms with Gasteiger partial charge in [-0.2, -0.15) is 0 Å². The Morgan fingerprint density at radius 3 is 2.83 bits per heavy atom. The number of nitrogens with one attached hydrogen (secondary N) is 1. The van der Waals surface area contributed by atoms with E-state index in [1.165, 1.54) is 24.9 Å². The van der Waals surface area contributed by atoms with E-state index in [9.17, 15) is 4.79 Å². The van der Waals surface area contributed by atoms with E-state index in [1.807, 2.05) is 0 Å². The number of hydrogen-bond donors (Lipinski definition) is 1. The minimum Gasteiger partial charge on any atom is -0.448 e. The van der Waals surface area contributed by atoms with Crippen molar-refractivity contribution >= 4 is 11.6 Å². The van der Waals surface area contributed by atoms with Gasteiger partial charge in [0.1, 0.15) is 5.76 Å². The van der Waals surface area contributed by atoms with Gasteiger partial charge < -0.3 is 14.6 Å². The Kier molecular flexibility index (Phi) is 4.65. The Labute approximate surface area is 136 Å². The summed E-state index contributed by atoms with van der Waals surface area (Å²) in [6.07, 6.45) is 3.87. The molecule has 1 saturated heterocycles. The van der Waals surface area contributed by atoms with Crippen LogP contribution in [0.1, 0.15) is 41.6 Å². The van der Waals surface area contributed by atoms with E-state index in [0.717, 1.165) is 24.6 Å². The fourth-order valence-electron chi connectivity index (χ4n) is 3.04. The van der Waals surface area contributed by atoms with Crippen molar-refractivity contribution in [1.29, 1.82) is 0 Å². The lowest BCUT2D eigenvalue weighted by atomic mass is 9.99. The molecular formula is C18H23N3O2. The highest BCUT2D eigenvalue weighted by Gasteiger charge is 2.16. The molecule has 23 heavy (non-hydrogen) atoms. The largest absolute Gasteiger partial charge is 0.448 e. The highest BCUT2D eigenvalue weighted by atomic mass is 16.3. The van der Waals surface area contributed by atoms with Crippen LogP contribution in [0, 0.1) is 12.8 Å². The summed E-state index contributed by atoms with van der Waals surface area (Å²) in [6, 6.07) is 8.43. The molecule has 1 aliphatic rings. The van der Waals surface area contributed by atoms with Crippen LogP contribution in [0.5, 0.6) is 0 Å². The number of oxazole rings is 1. The summed E-state index contributed by atoms with van der Waals surface area (Å²) in [4.78, 5) is 18.4. The van der Waals surface area contributed by atoms with Crippen LogP contribution in [0.4, 0.5) is 5.69 Å². The number of carbonyl (C=O) groups excluding carboxylic acids is 1. The highest BCUT2D eigenvalue weighted by Crippen LogP contribution is 2.23. The fourth-order valence-corrected chi connectivity index (χ4v) is 3.04. The first-order valence-corrected chi connectivity index (χ1v) is 8.15. The molecule has 1 atom stereocenters. The quantitative estimate of drug-likeness (QED) is 0.942. The van der Waals surface area contributed by atoms with Gasteiger partial charge in [0.05, 0.1) is 0 Å². The summed E-state index contributed by atoms with van der Waals surface area (Å²) >= 11 is 0. The molecule has 122 valence electrons. The first-order valence-electron chi connectivity index (χ1n) is 8.15. The van der Waals surface area contributed by atoms with E-state index in [2.05, 4.69) is 46.4 Å². The molecule has 2 heterocycles. The van der Waals surface area contributed by atoms with Crippen LogP contribution in [-0.2, 0) is 6.54 Å². The van der Waals surface area contributed by atoms with Crippen LogP contribution >= 0.6 is 0 Å². The van der Waals surface area contributed by atoms with Gasteiger partial charge in [-0.1, -0.05) is 19.1 Å². The van der Waals surface area contributed by atoms with Crippen LogP contribution in [0.15, 0.2) is 35.1 Å². The number of anilines is 1. The average molecular weight is 313 g/mol.